The van der Waals surface area contributed by atoms with Crippen molar-refractivity contribution in [3.8, 4) is 11.5 Å². The number of esters is 1. The summed E-state index contributed by atoms with van der Waals surface area (Å²) in [5.41, 5.74) is 0.392. The van der Waals surface area contributed by atoms with Crippen molar-refractivity contribution in [2.75, 3.05) is 31.9 Å². The second-order valence-electron chi connectivity index (χ2n) is 5.47. The highest BCUT2D eigenvalue weighted by molar-refractivity contribution is 8.00. The van der Waals surface area contributed by atoms with E-state index in [4.69, 9.17) is 14.2 Å². The normalized spacial score (nSPS) is 10.3. The minimum Gasteiger partial charge on any atom is -0.493 e. The molecule has 2 N–H and O–H groups in total. The van der Waals surface area contributed by atoms with Gasteiger partial charge in [-0.2, -0.15) is 4.98 Å². The minimum absolute atomic E-state index is 0.0589. The van der Waals surface area contributed by atoms with Crippen LogP contribution in [0.4, 0.5) is 5.69 Å². The van der Waals surface area contributed by atoms with Crippen LogP contribution in [0.25, 0.3) is 0 Å². The van der Waals surface area contributed by atoms with Crippen molar-refractivity contribution < 1.29 is 23.8 Å². The van der Waals surface area contributed by atoms with Crippen molar-refractivity contribution in [2.24, 2.45) is 0 Å². The summed E-state index contributed by atoms with van der Waals surface area (Å²) in [6.45, 7) is 3.43. The zero-order valence-corrected chi connectivity index (χ0v) is 16.8. The molecule has 0 radical (unpaired) electrons. The molecule has 1 aromatic heterocycles. The van der Waals surface area contributed by atoms with E-state index in [1.54, 1.807) is 32.0 Å². The van der Waals surface area contributed by atoms with E-state index in [1.165, 1.54) is 14.2 Å². The number of rotatable bonds is 8. The van der Waals surface area contributed by atoms with Gasteiger partial charge in [0.25, 0.3) is 0 Å². The van der Waals surface area contributed by atoms with Crippen LogP contribution < -0.4 is 20.5 Å². The second-order valence-corrected chi connectivity index (χ2v) is 6.44. The number of benzene rings is 1. The molecule has 1 amide bonds. The molecule has 1 aromatic carbocycles. The first-order valence-corrected chi connectivity index (χ1v) is 9.30. The van der Waals surface area contributed by atoms with Crippen LogP contribution in [0.15, 0.2) is 28.0 Å². The molecular weight excluding hydrogens is 386 g/mol. The Morgan fingerprint density at radius 1 is 1.21 bits per heavy atom. The maximum atomic E-state index is 12.3. The van der Waals surface area contributed by atoms with E-state index in [2.05, 4.69) is 15.3 Å². The molecule has 0 saturated heterocycles. The van der Waals surface area contributed by atoms with Gasteiger partial charge in [0, 0.05) is 17.4 Å². The van der Waals surface area contributed by atoms with Gasteiger partial charge < -0.3 is 24.5 Å². The summed E-state index contributed by atoms with van der Waals surface area (Å²) in [4.78, 5) is 42.3. The van der Waals surface area contributed by atoms with E-state index < -0.39 is 11.7 Å². The number of carbonyl (C=O) groups excluding carboxylic acids is 2. The fourth-order valence-electron chi connectivity index (χ4n) is 2.35. The number of nitrogens with zero attached hydrogens (tertiary/aromatic N) is 1. The van der Waals surface area contributed by atoms with E-state index in [-0.39, 0.29) is 28.9 Å². The van der Waals surface area contributed by atoms with Crippen molar-refractivity contribution in [3.63, 3.8) is 0 Å². The number of methoxy groups -OCH3 is 2. The minimum atomic E-state index is -0.605. The van der Waals surface area contributed by atoms with Gasteiger partial charge >= 0.3 is 11.7 Å². The molecule has 0 atom stereocenters. The average molecular weight is 407 g/mol. The third-order valence-corrected chi connectivity index (χ3v) is 4.55. The maximum absolute atomic E-state index is 12.3. The summed E-state index contributed by atoms with van der Waals surface area (Å²) < 4.78 is 15.3. The highest BCUT2D eigenvalue weighted by Gasteiger charge is 2.20. The van der Waals surface area contributed by atoms with Crippen LogP contribution in [0.3, 0.4) is 0 Å². The fraction of sp³-hybridized carbons (Fsp3) is 0.333. The van der Waals surface area contributed by atoms with Crippen molar-refractivity contribution in [2.45, 2.75) is 18.9 Å². The molecule has 9 nitrogen and oxygen atoms in total. The second kappa shape index (κ2) is 9.79. The summed E-state index contributed by atoms with van der Waals surface area (Å²) in [6.07, 6.45) is 0. The first kappa shape index (κ1) is 21.3. The predicted octanol–water partition coefficient (Wildman–Crippen LogP) is 2.00. The number of aromatic amines is 1. The smallest absolute Gasteiger partial charge is 0.346 e. The Labute approximate surface area is 165 Å². The van der Waals surface area contributed by atoms with Gasteiger partial charge in [0.2, 0.25) is 5.91 Å². The Kier molecular flexibility index (Phi) is 7.44. The Balaban J connectivity index is 2.13. The number of hydrogen-bond donors (Lipinski definition) is 2. The van der Waals surface area contributed by atoms with Crippen LogP contribution in [0.1, 0.15) is 23.0 Å². The third-order valence-electron chi connectivity index (χ3n) is 3.57. The zero-order valence-electron chi connectivity index (χ0n) is 16.0. The largest absolute Gasteiger partial charge is 0.493 e. The molecule has 28 heavy (non-hydrogen) atoms. The molecule has 2 aromatic rings. The van der Waals surface area contributed by atoms with E-state index >= 15 is 0 Å². The number of hydrogen-bond acceptors (Lipinski definition) is 8. The molecule has 10 heteroatoms. The molecule has 0 unspecified atom stereocenters. The lowest BCUT2D eigenvalue weighted by molar-refractivity contribution is -0.113. The number of anilines is 1. The summed E-state index contributed by atoms with van der Waals surface area (Å²) in [5, 5.41) is 2.86. The maximum Gasteiger partial charge on any atom is 0.346 e. The van der Waals surface area contributed by atoms with Gasteiger partial charge in [-0.25, -0.2) is 9.59 Å². The highest BCUT2D eigenvalue weighted by atomic mass is 32.2. The number of aromatic nitrogens is 2. The zero-order chi connectivity index (χ0) is 20.7. The molecule has 0 aliphatic carbocycles. The van der Waals surface area contributed by atoms with Crippen LogP contribution in [-0.4, -0.2) is 48.4 Å². The Morgan fingerprint density at radius 3 is 2.57 bits per heavy atom. The number of ether oxygens (including phenoxy) is 3. The van der Waals surface area contributed by atoms with Crippen LogP contribution in [0.5, 0.6) is 11.5 Å². The van der Waals surface area contributed by atoms with Crippen molar-refractivity contribution in [1.82, 2.24) is 9.97 Å². The monoisotopic (exact) mass is 407 g/mol. The number of carbonyl (C=O) groups is 2. The van der Waals surface area contributed by atoms with E-state index in [9.17, 15) is 14.4 Å². The first-order chi connectivity index (χ1) is 13.4. The van der Waals surface area contributed by atoms with Crippen LogP contribution in [0, 0.1) is 6.92 Å². The molecule has 2 rings (SSSR count). The van der Waals surface area contributed by atoms with Crippen molar-refractivity contribution >= 4 is 29.3 Å². The third kappa shape index (κ3) is 5.26. The van der Waals surface area contributed by atoms with E-state index in [0.29, 0.717) is 22.9 Å². The topological polar surface area (TPSA) is 120 Å². The van der Waals surface area contributed by atoms with Gasteiger partial charge in [0.1, 0.15) is 10.6 Å². The molecule has 0 fully saturated rings. The van der Waals surface area contributed by atoms with Crippen molar-refractivity contribution in [3.05, 3.63) is 39.9 Å². The first-order valence-electron chi connectivity index (χ1n) is 8.32. The van der Waals surface area contributed by atoms with Crippen LogP contribution >= 0.6 is 11.8 Å². The van der Waals surface area contributed by atoms with Gasteiger partial charge in [-0.3, -0.25) is 4.79 Å². The van der Waals surface area contributed by atoms with Gasteiger partial charge in [0.15, 0.2) is 11.5 Å². The molecule has 0 saturated carbocycles. The predicted molar refractivity (Wildman–Crippen MR) is 104 cm³/mol. The Bertz CT molecular complexity index is 928. The standard InChI is InChI=1S/C18H21N3O6S/c1-5-27-17(23)15-10(2)19-18(24)21-16(15)28-9-14(22)20-11-6-7-12(25-3)13(8-11)26-4/h6-8H,5,9H2,1-4H3,(H,20,22)(H,19,21,24). The Hall–Kier alpha value is -3.01. The van der Waals surface area contributed by atoms with Crippen LogP contribution in [0.2, 0.25) is 0 Å². The lowest BCUT2D eigenvalue weighted by Crippen LogP contribution is -2.21. The molecule has 1 heterocycles. The van der Waals surface area contributed by atoms with Gasteiger partial charge in [-0.1, -0.05) is 11.8 Å². The average Bonchev–Trinajstić information content (AvgIpc) is 2.65. The number of H-pyrrole nitrogens is 1. The number of amides is 1. The molecule has 0 aliphatic rings. The van der Waals surface area contributed by atoms with E-state index in [0.717, 1.165) is 11.8 Å². The summed E-state index contributed by atoms with van der Waals surface area (Å²) in [7, 11) is 3.02. The fourth-order valence-corrected chi connectivity index (χ4v) is 3.22. The van der Waals surface area contributed by atoms with Gasteiger partial charge in [-0.05, 0) is 26.0 Å². The quantitative estimate of drug-likeness (QED) is 0.387. The SMILES string of the molecule is CCOC(=O)c1c(SCC(=O)Nc2ccc(OC)c(OC)c2)nc(=O)[nH]c1C. The number of aryl methyl sites for hydroxylation is 1. The molecular formula is C18H21N3O6S. The Morgan fingerprint density at radius 2 is 1.93 bits per heavy atom. The number of thioether (sulfide) groups is 1. The molecule has 0 aliphatic heterocycles. The van der Waals surface area contributed by atoms with Crippen LogP contribution in [-0.2, 0) is 9.53 Å². The van der Waals surface area contributed by atoms with Gasteiger partial charge in [-0.15, -0.1) is 0 Å². The van der Waals surface area contributed by atoms with E-state index in [1.807, 2.05) is 0 Å². The summed E-state index contributed by atoms with van der Waals surface area (Å²) in [6, 6.07) is 4.97. The molecule has 0 spiro atoms. The lowest BCUT2D eigenvalue weighted by atomic mass is 10.2. The highest BCUT2D eigenvalue weighted by Crippen LogP contribution is 2.30. The van der Waals surface area contributed by atoms with Gasteiger partial charge in [0.05, 0.1) is 26.6 Å². The summed E-state index contributed by atoms with van der Waals surface area (Å²) >= 11 is 0.975. The van der Waals surface area contributed by atoms with Crippen molar-refractivity contribution in [1.29, 1.82) is 0 Å². The summed E-state index contributed by atoms with van der Waals surface area (Å²) in [5.74, 6) is 0.0105. The lowest BCUT2D eigenvalue weighted by Gasteiger charge is -2.11. The number of nitrogens with one attached hydrogen (secondary N) is 2. The molecule has 0 bridgehead atoms. The molecule has 150 valence electrons.